The number of carbonyl (C=O) groups is 1. The number of esters is 1. The highest BCUT2D eigenvalue weighted by atomic mass is 16.6. The Morgan fingerprint density at radius 2 is 1.25 bits per heavy atom. The molecule has 4 fully saturated rings. The Balaban J connectivity index is 1.04. The monoisotopic (exact) mass is 526 g/mol. The molecule has 0 spiro atoms. The van der Waals surface area contributed by atoms with Gasteiger partial charge in [-0.15, -0.1) is 0 Å². The standard InChI is InChI=1S/C37H34O3/c38-35(32-17-31-27-11-3-5-13-29(27)34(32)30-14-6-4-12-28(30)31)40-37-20-23-16-24(21-37)19-36(18-23,22-37)39-33-15-7-9-25-8-1-2-10-26(25)33/h1-15,23-24,31-32,34H,16-22H2. The summed E-state index contributed by atoms with van der Waals surface area (Å²) < 4.78 is 13.8. The lowest BCUT2D eigenvalue weighted by Crippen LogP contribution is -2.63. The zero-order valence-corrected chi connectivity index (χ0v) is 22.7. The maximum absolute atomic E-state index is 14.3. The van der Waals surface area contributed by atoms with Crippen LogP contribution in [0.15, 0.2) is 91.0 Å². The van der Waals surface area contributed by atoms with Crippen LogP contribution in [0, 0.1) is 17.8 Å². The molecule has 3 atom stereocenters. The van der Waals surface area contributed by atoms with Crippen LogP contribution in [0.4, 0.5) is 0 Å². The molecule has 0 aromatic heterocycles. The highest BCUT2D eigenvalue weighted by Gasteiger charge is 2.62. The van der Waals surface area contributed by atoms with E-state index in [1.54, 1.807) is 0 Å². The molecule has 0 aliphatic heterocycles. The Labute approximate surface area is 235 Å². The Morgan fingerprint density at radius 3 is 1.98 bits per heavy atom. The molecule has 0 radical (unpaired) electrons. The predicted octanol–water partition coefficient (Wildman–Crippen LogP) is 8.15. The number of rotatable bonds is 4. The average molecular weight is 527 g/mol. The largest absolute Gasteiger partial charge is 0.486 e. The van der Waals surface area contributed by atoms with Crippen LogP contribution in [0.1, 0.15) is 79.0 Å². The van der Waals surface area contributed by atoms with Gasteiger partial charge in [0.1, 0.15) is 17.0 Å². The van der Waals surface area contributed by atoms with E-state index in [2.05, 4.69) is 91.0 Å². The topological polar surface area (TPSA) is 35.5 Å². The number of fused-ring (bicyclic) bond motifs is 2. The van der Waals surface area contributed by atoms with Crippen molar-refractivity contribution < 1.29 is 14.3 Å². The van der Waals surface area contributed by atoms with E-state index in [0.717, 1.165) is 44.3 Å². The molecule has 40 heavy (non-hydrogen) atoms. The lowest BCUT2D eigenvalue weighted by Gasteiger charge is -2.60. The Bertz CT molecular complexity index is 1600. The third-order valence-corrected chi connectivity index (χ3v) is 11.0. The second-order valence-electron chi connectivity index (χ2n) is 13.5. The summed E-state index contributed by atoms with van der Waals surface area (Å²) in [6, 6.07) is 32.4. The van der Waals surface area contributed by atoms with Gasteiger partial charge in [-0.1, -0.05) is 84.9 Å². The zero-order chi connectivity index (χ0) is 26.5. The summed E-state index contributed by atoms with van der Waals surface area (Å²) in [6.07, 6.45) is 7.03. The molecule has 3 unspecified atom stereocenters. The fourth-order valence-corrected chi connectivity index (χ4v) is 10.0. The van der Waals surface area contributed by atoms with Gasteiger partial charge in [0.05, 0.1) is 5.92 Å². The lowest BCUT2D eigenvalue weighted by molar-refractivity contribution is -0.217. The van der Waals surface area contributed by atoms with Crippen LogP contribution in [0.25, 0.3) is 10.8 Å². The SMILES string of the molecule is O=C(OC12CC3CC(C1)CC(Oc1cccc4ccccc14)(C3)C2)C1CC2c3ccccc3C1c1ccccc12. The number of benzene rings is 4. The minimum Gasteiger partial charge on any atom is -0.486 e. The molecule has 7 aliphatic rings. The van der Waals surface area contributed by atoms with E-state index in [4.69, 9.17) is 9.47 Å². The molecule has 0 N–H and O–H groups in total. The van der Waals surface area contributed by atoms with Crippen molar-refractivity contribution in [2.24, 2.45) is 17.8 Å². The number of hydrogen-bond acceptors (Lipinski definition) is 3. The van der Waals surface area contributed by atoms with Crippen LogP contribution in [-0.4, -0.2) is 17.2 Å². The van der Waals surface area contributed by atoms with E-state index < -0.39 is 5.60 Å². The summed E-state index contributed by atoms with van der Waals surface area (Å²) in [6.45, 7) is 0. The van der Waals surface area contributed by atoms with Crippen LogP contribution in [0.5, 0.6) is 5.75 Å². The average Bonchev–Trinajstić information content (AvgIpc) is 2.96. The first-order valence-electron chi connectivity index (χ1n) is 15.2. The highest BCUT2D eigenvalue weighted by molar-refractivity contribution is 5.88. The van der Waals surface area contributed by atoms with E-state index in [9.17, 15) is 4.79 Å². The summed E-state index contributed by atoms with van der Waals surface area (Å²) in [7, 11) is 0. The van der Waals surface area contributed by atoms with Gasteiger partial charge >= 0.3 is 5.97 Å². The summed E-state index contributed by atoms with van der Waals surface area (Å²) in [5.41, 5.74) is 4.78. The molecule has 4 aromatic carbocycles. The summed E-state index contributed by atoms with van der Waals surface area (Å²) in [5, 5.41) is 2.38. The van der Waals surface area contributed by atoms with Crippen LogP contribution >= 0.6 is 0 Å². The van der Waals surface area contributed by atoms with Crippen molar-refractivity contribution in [3.8, 4) is 5.75 Å². The van der Waals surface area contributed by atoms with E-state index in [0.29, 0.717) is 11.8 Å². The van der Waals surface area contributed by atoms with E-state index >= 15 is 0 Å². The molecule has 11 rings (SSSR count). The minimum absolute atomic E-state index is 0.0151. The van der Waals surface area contributed by atoms with Gasteiger partial charge in [0.2, 0.25) is 0 Å². The van der Waals surface area contributed by atoms with E-state index in [1.807, 2.05) is 0 Å². The van der Waals surface area contributed by atoms with Gasteiger partial charge in [0.15, 0.2) is 0 Å². The fraction of sp³-hybridized carbons (Fsp3) is 0.378. The fourth-order valence-electron chi connectivity index (χ4n) is 10.0. The maximum atomic E-state index is 14.3. The smallest absolute Gasteiger partial charge is 0.310 e. The van der Waals surface area contributed by atoms with Crippen molar-refractivity contribution in [2.45, 2.75) is 68.0 Å². The van der Waals surface area contributed by atoms with Crippen LogP contribution < -0.4 is 4.74 Å². The van der Waals surface area contributed by atoms with Crippen molar-refractivity contribution in [3.05, 3.63) is 113 Å². The first-order valence-corrected chi connectivity index (χ1v) is 15.2. The third-order valence-electron chi connectivity index (χ3n) is 11.0. The van der Waals surface area contributed by atoms with Crippen molar-refractivity contribution >= 4 is 16.7 Å². The quantitative estimate of drug-likeness (QED) is 0.252. The molecule has 0 amide bonds. The third kappa shape index (κ3) is 3.33. The van der Waals surface area contributed by atoms with Crippen molar-refractivity contribution in [1.29, 1.82) is 0 Å². The van der Waals surface area contributed by atoms with Gasteiger partial charge in [-0.2, -0.15) is 0 Å². The molecule has 7 aliphatic carbocycles. The minimum atomic E-state index is -0.401. The van der Waals surface area contributed by atoms with Crippen LogP contribution in [0.3, 0.4) is 0 Å². The first-order chi connectivity index (χ1) is 19.6. The van der Waals surface area contributed by atoms with Gasteiger partial charge in [-0.05, 0) is 84.1 Å². The lowest BCUT2D eigenvalue weighted by atomic mass is 9.52. The molecule has 4 saturated carbocycles. The van der Waals surface area contributed by atoms with Crippen molar-refractivity contribution in [2.75, 3.05) is 0 Å². The van der Waals surface area contributed by atoms with Gasteiger partial charge in [-0.3, -0.25) is 4.79 Å². The number of carbonyl (C=O) groups excluding carboxylic acids is 1. The normalized spacial score (nSPS) is 34.4. The molecule has 3 nitrogen and oxygen atoms in total. The van der Waals surface area contributed by atoms with Crippen LogP contribution in [0.2, 0.25) is 0 Å². The first kappa shape index (κ1) is 23.1. The van der Waals surface area contributed by atoms with E-state index in [-0.39, 0.29) is 29.3 Å². The molecule has 0 saturated heterocycles. The molecule has 200 valence electrons. The summed E-state index contributed by atoms with van der Waals surface area (Å²) >= 11 is 0. The van der Waals surface area contributed by atoms with Gasteiger partial charge in [-0.25, -0.2) is 0 Å². The van der Waals surface area contributed by atoms with Gasteiger partial charge < -0.3 is 9.47 Å². The maximum Gasteiger partial charge on any atom is 0.310 e. The molecule has 4 aromatic rings. The number of hydrogen-bond donors (Lipinski definition) is 0. The Morgan fingerprint density at radius 1 is 0.650 bits per heavy atom. The predicted molar refractivity (Wildman–Crippen MR) is 155 cm³/mol. The van der Waals surface area contributed by atoms with Crippen molar-refractivity contribution in [3.63, 3.8) is 0 Å². The summed E-state index contributed by atoms with van der Waals surface area (Å²) in [4.78, 5) is 14.3. The second-order valence-corrected chi connectivity index (χ2v) is 13.5. The molecule has 6 bridgehead atoms. The summed E-state index contributed by atoms with van der Waals surface area (Å²) in [5.74, 6) is 2.34. The van der Waals surface area contributed by atoms with Crippen LogP contribution in [-0.2, 0) is 9.53 Å². The highest BCUT2D eigenvalue weighted by Crippen LogP contribution is 2.61. The second kappa shape index (κ2) is 8.22. The van der Waals surface area contributed by atoms with Crippen molar-refractivity contribution in [1.82, 2.24) is 0 Å². The Kier molecular flexibility index (Phi) is 4.76. The molecular formula is C37H34O3. The van der Waals surface area contributed by atoms with E-state index in [1.165, 1.54) is 39.4 Å². The zero-order valence-electron chi connectivity index (χ0n) is 22.7. The van der Waals surface area contributed by atoms with Gasteiger partial charge in [0, 0.05) is 23.6 Å². The molecule has 3 heteroatoms. The number of ether oxygens (including phenoxy) is 2. The molecule has 0 heterocycles. The molecular weight excluding hydrogens is 492 g/mol. The van der Waals surface area contributed by atoms with Gasteiger partial charge in [0.25, 0.3) is 0 Å². The Hall–Kier alpha value is -3.59.